The molecule has 0 radical (unpaired) electrons. The topological polar surface area (TPSA) is 41.9 Å². The standard InChI is InChI=1S/C63H52N4/c1-60(2)50-22-14-10-18-42(50)46-33-37(25-30-53(46)60)57-64-58(38-26-31-54-47(34-38)43-19-11-15-23-51(43)61(54,3)4)66-59(65-57)67(39-28-32-55-48(35-39)44-20-12-16-24-52(44)62(55,5)6)40-27-29-45-41-17-9-13-21-49(41)63(7,8)56(45)36-40/h9-36H,1-8H3. The molecule has 4 aliphatic carbocycles. The zero-order chi connectivity index (χ0) is 45.8. The molecule has 4 nitrogen and oxygen atoms in total. The number of anilines is 3. The van der Waals surface area contributed by atoms with Gasteiger partial charge in [-0.05, 0) is 125 Å². The van der Waals surface area contributed by atoms with Gasteiger partial charge < -0.3 is 0 Å². The Kier molecular flexibility index (Phi) is 8.08. The molecule has 324 valence electrons. The largest absolute Gasteiger partial charge is 0.279 e. The van der Waals surface area contributed by atoms with E-state index in [1.54, 1.807) is 0 Å². The highest BCUT2D eigenvalue weighted by Crippen LogP contribution is 2.55. The van der Waals surface area contributed by atoms with Crippen molar-refractivity contribution >= 4 is 17.3 Å². The molecule has 0 amide bonds. The van der Waals surface area contributed by atoms with Crippen molar-refractivity contribution in [1.29, 1.82) is 0 Å². The van der Waals surface area contributed by atoms with E-state index in [4.69, 9.17) is 15.0 Å². The first-order valence-electron chi connectivity index (χ1n) is 23.8. The third-order valence-corrected chi connectivity index (χ3v) is 16.2. The molecule has 0 aliphatic heterocycles. The molecule has 0 fully saturated rings. The number of hydrogen-bond donors (Lipinski definition) is 0. The summed E-state index contributed by atoms with van der Waals surface area (Å²) in [7, 11) is 0. The van der Waals surface area contributed by atoms with Crippen molar-refractivity contribution in [1.82, 2.24) is 15.0 Å². The molecule has 4 aliphatic rings. The molecule has 13 rings (SSSR count). The molecule has 9 aromatic rings. The Morgan fingerprint density at radius 3 is 1.07 bits per heavy atom. The van der Waals surface area contributed by atoms with Gasteiger partial charge in [0.05, 0.1) is 0 Å². The van der Waals surface area contributed by atoms with Gasteiger partial charge in [-0.2, -0.15) is 9.97 Å². The predicted molar refractivity (Wildman–Crippen MR) is 276 cm³/mol. The Morgan fingerprint density at radius 2 is 0.612 bits per heavy atom. The Morgan fingerprint density at radius 1 is 0.284 bits per heavy atom. The fourth-order valence-electron chi connectivity index (χ4n) is 12.5. The summed E-state index contributed by atoms with van der Waals surface area (Å²) in [6.45, 7) is 18.7. The van der Waals surface area contributed by atoms with E-state index >= 15 is 0 Å². The highest BCUT2D eigenvalue weighted by atomic mass is 15.3. The van der Waals surface area contributed by atoms with Crippen LogP contribution in [-0.2, 0) is 21.7 Å². The van der Waals surface area contributed by atoms with Crippen molar-refractivity contribution in [2.24, 2.45) is 0 Å². The van der Waals surface area contributed by atoms with Gasteiger partial charge in [0.1, 0.15) is 0 Å². The Balaban J connectivity index is 1.06. The van der Waals surface area contributed by atoms with E-state index in [1.165, 1.54) is 89.0 Å². The van der Waals surface area contributed by atoms with Crippen LogP contribution in [0.1, 0.15) is 99.9 Å². The van der Waals surface area contributed by atoms with Crippen LogP contribution in [0.5, 0.6) is 0 Å². The van der Waals surface area contributed by atoms with Gasteiger partial charge in [0.15, 0.2) is 11.6 Å². The molecule has 0 saturated heterocycles. The minimum Gasteiger partial charge on any atom is -0.279 e. The minimum absolute atomic E-state index is 0.118. The number of fused-ring (bicyclic) bond motifs is 12. The van der Waals surface area contributed by atoms with Crippen molar-refractivity contribution in [3.8, 4) is 67.3 Å². The Labute approximate surface area is 394 Å². The average Bonchev–Trinajstić information content (AvgIpc) is 3.91. The second kappa shape index (κ2) is 13.6. The lowest BCUT2D eigenvalue weighted by Gasteiger charge is -2.28. The van der Waals surface area contributed by atoms with Gasteiger partial charge in [0.25, 0.3) is 0 Å². The first kappa shape index (κ1) is 39.9. The third kappa shape index (κ3) is 5.50. The average molecular weight is 865 g/mol. The molecular weight excluding hydrogens is 813 g/mol. The van der Waals surface area contributed by atoms with Crippen LogP contribution in [0.2, 0.25) is 0 Å². The number of aromatic nitrogens is 3. The van der Waals surface area contributed by atoms with Gasteiger partial charge in [-0.15, -0.1) is 0 Å². The molecule has 0 N–H and O–H groups in total. The SMILES string of the molecule is CC1(C)c2ccccc2-c2cc(-c3nc(-c4ccc5c(c4)-c4ccccc4C5(C)C)nc(N(c4ccc5c(c4)-c4ccccc4C5(C)C)c4ccc5c(c4)C(C)(C)c4ccccc4-5)n3)ccc21. The molecule has 0 spiro atoms. The minimum atomic E-state index is -0.201. The van der Waals surface area contributed by atoms with Crippen LogP contribution in [0.15, 0.2) is 170 Å². The maximum atomic E-state index is 5.57. The van der Waals surface area contributed by atoms with E-state index in [9.17, 15) is 0 Å². The summed E-state index contributed by atoms with van der Waals surface area (Å²) < 4.78 is 0. The van der Waals surface area contributed by atoms with Crippen molar-refractivity contribution in [3.63, 3.8) is 0 Å². The summed E-state index contributed by atoms with van der Waals surface area (Å²) in [5.41, 5.74) is 24.0. The van der Waals surface area contributed by atoms with E-state index < -0.39 is 0 Å². The summed E-state index contributed by atoms with van der Waals surface area (Å²) >= 11 is 0. The third-order valence-electron chi connectivity index (χ3n) is 16.2. The lowest BCUT2D eigenvalue weighted by molar-refractivity contribution is 0.660. The molecule has 0 unspecified atom stereocenters. The fourth-order valence-corrected chi connectivity index (χ4v) is 12.5. The summed E-state index contributed by atoms with van der Waals surface area (Å²) in [6, 6.07) is 62.9. The molecule has 0 bridgehead atoms. The Bertz CT molecular complexity index is 3480. The maximum absolute atomic E-state index is 5.57. The van der Waals surface area contributed by atoms with Gasteiger partial charge in [0, 0.05) is 44.2 Å². The molecule has 0 atom stereocenters. The summed E-state index contributed by atoms with van der Waals surface area (Å²) in [4.78, 5) is 18.9. The van der Waals surface area contributed by atoms with E-state index in [2.05, 4.69) is 230 Å². The van der Waals surface area contributed by atoms with E-state index in [0.29, 0.717) is 17.6 Å². The van der Waals surface area contributed by atoms with Crippen LogP contribution in [0.25, 0.3) is 67.3 Å². The molecule has 67 heavy (non-hydrogen) atoms. The van der Waals surface area contributed by atoms with Crippen molar-refractivity contribution in [2.75, 3.05) is 4.90 Å². The van der Waals surface area contributed by atoms with Gasteiger partial charge in [-0.1, -0.05) is 189 Å². The molecule has 1 aromatic heterocycles. The quantitative estimate of drug-likeness (QED) is 0.173. The lowest BCUT2D eigenvalue weighted by Crippen LogP contribution is -2.19. The summed E-state index contributed by atoms with van der Waals surface area (Å²) in [6.07, 6.45) is 0. The van der Waals surface area contributed by atoms with Crippen LogP contribution in [0.4, 0.5) is 17.3 Å². The highest BCUT2D eigenvalue weighted by Gasteiger charge is 2.40. The number of benzene rings is 8. The normalized spacial score (nSPS) is 16.2. The molecular formula is C63H52N4. The van der Waals surface area contributed by atoms with Crippen molar-refractivity contribution < 1.29 is 0 Å². The van der Waals surface area contributed by atoms with Crippen molar-refractivity contribution in [2.45, 2.75) is 77.0 Å². The number of nitrogens with zero attached hydrogens (tertiary/aromatic N) is 4. The van der Waals surface area contributed by atoms with E-state index in [1.807, 2.05) is 0 Å². The molecule has 0 saturated carbocycles. The second-order valence-electron chi connectivity index (χ2n) is 21.3. The zero-order valence-electron chi connectivity index (χ0n) is 39.5. The van der Waals surface area contributed by atoms with Crippen LogP contribution in [0.3, 0.4) is 0 Å². The van der Waals surface area contributed by atoms with E-state index in [-0.39, 0.29) is 21.7 Å². The monoisotopic (exact) mass is 864 g/mol. The van der Waals surface area contributed by atoms with Crippen LogP contribution < -0.4 is 4.90 Å². The zero-order valence-corrected chi connectivity index (χ0v) is 39.5. The van der Waals surface area contributed by atoms with Gasteiger partial charge in [-0.25, -0.2) is 4.98 Å². The lowest BCUT2D eigenvalue weighted by atomic mass is 9.82. The summed E-state index contributed by atoms with van der Waals surface area (Å²) in [5.74, 6) is 1.84. The molecule has 1 heterocycles. The predicted octanol–water partition coefficient (Wildman–Crippen LogP) is 15.9. The van der Waals surface area contributed by atoms with Crippen molar-refractivity contribution in [3.05, 3.63) is 214 Å². The van der Waals surface area contributed by atoms with Gasteiger partial charge >= 0.3 is 0 Å². The number of hydrogen-bond acceptors (Lipinski definition) is 4. The van der Waals surface area contributed by atoms with Gasteiger partial charge in [-0.3, -0.25) is 4.90 Å². The number of rotatable bonds is 5. The smallest absolute Gasteiger partial charge is 0.238 e. The van der Waals surface area contributed by atoms with E-state index in [0.717, 1.165) is 22.5 Å². The molecule has 4 heteroatoms. The molecule has 8 aromatic carbocycles. The highest BCUT2D eigenvalue weighted by molar-refractivity contribution is 5.90. The first-order valence-corrected chi connectivity index (χ1v) is 23.8. The van der Waals surface area contributed by atoms with Gasteiger partial charge in [0.2, 0.25) is 5.95 Å². The maximum Gasteiger partial charge on any atom is 0.238 e. The fraction of sp³-hybridized carbons (Fsp3) is 0.190. The first-order chi connectivity index (χ1) is 32.2. The second-order valence-corrected chi connectivity index (χ2v) is 21.3. The van der Waals surface area contributed by atoms with Crippen LogP contribution >= 0.6 is 0 Å². The Hall–Kier alpha value is -7.43. The van der Waals surface area contributed by atoms with Crippen LogP contribution in [-0.4, -0.2) is 15.0 Å². The summed E-state index contributed by atoms with van der Waals surface area (Å²) in [5, 5.41) is 0. The van der Waals surface area contributed by atoms with Crippen LogP contribution in [0, 0.1) is 0 Å².